The number of amides is 2. The second-order valence-corrected chi connectivity index (χ2v) is 5.21. The Morgan fingerprint density at radius 2 is 1.94 bits per heavy atom. The maximum absolute atomic E-state index is 11.8. The molecule has 0 spiro atoms. The quantitative estimate of drug-likeness (QED) is 0.873. The number of nitrogens with zero attached hydrogens (tertiary/aromatic N) is 2. The van der Waals surface area contributed by atoms with E-state index in [9.17, 15) is 4.79 Å². The van der Waals surface area contributed by atoms with Crippen molar-refractivity contribution >= 4 is 28.2 Å². The van der Waals surface area contributed by atoms with Gasteiger partial charge in [0.05, 0.1) is 0 Å². The minimum absolute atomic E-state index is 0.306. The summed E-state index contributed by atoms with van der Waals surface area (Å²) in [7, 11) is 0. The molecule has 0 radical (unpaired) electrons. The first-order chi connectivity index (χ1) is 8.54. The highest BCUT2D eigenvalue weighted by molar-refractivity contribution is 7.15. The number of rotatable bonds is 2. The maximum Gasteiger partial charge on any atom is 0.325 e. The minimum atomic E-state index is -0.306. The number of hydrogen-bond acceptors (Lipinski definition) is 4. The van der Waals surface area contributed by atoms with Gasteiger partial charge >= 0.3 is 6.03 Å². The molecule has 2 rings (SSSR count). The summed E-state index contributed by atoms with van der Waals surface area (Å²) in [4.78, 5) is 11.8. The number of hydrogen-bond donors (Lipinski definition) is 2. The third-order valence-electron chi connectivity index (χ3n) is 2.39. The summed E-state index contributed by atoms with van der Waals surface area (Å²) in [5, 5.41) is 14.4. The number of aryl methyl sites for hydroxylation is 3. The molecule has 0 saturated heterocycles. The van der Waals surface area contributed by atoms with E-state index >= 15 is 0 Å². The van der Waals surface area contributed by atoms with Gasteiger partial charge in [0.1, 0.15) is 5.01 Å². The van der Waals surface area contributed by atoms with Gasteiger partial charge in [-0.2, -0.15) is 0 Å². The van der Waals surface area contributed by atoms with E-state index in [1.54, 1.807) is 0 Å². The Hall–Kier alpha value is -1.95. The Kier molecular flexibility index (Phi) is 3.57. The molecule has 0 aliphatic carbocycles. The van der Waals surface area contributed by atoms with E-state index in [-0.39, 0.29) is 6.03 Å². The van der Waals surface area contributed by atoms with E-state index in [1.165, 1.54) is 11.3 Å². The SMILES string of the molecule is Cc1ccc(C)c(NC(=O)Nc2nnc(C)s2)c1. The molecule has 2 aromatic rings. The molecule has 1 heterocycles. The zero-order valence-electron chi connectivity index (χ0n) is 10.4. The lowest BCUT2D eigenvalue weighted by molar-refractivity contribution is 0.262. The molecule has 0 bridgehead atoms. The van der Waals surface area contributed by atoms with Crippen molar-refractivity contribution < 1.29 is 4.79 Å². The number of urea groups is 1. The van der Waals surface area contributed by atoms with E-state index in [4.69, 9.17) is 0 Å². The first kappa shape index (κ1) is 12.5. The number of carbonyl (C=O) groups is 1. The van der Waals surface area contributed by atoms with Crippen molar-refractivity contribution in [1.29, 1.82) is 0 Å². The lowest BCUT2D eigenvalue weighted by Crippen LogP contribution is -2.19. The van der Waals surface area contributed by atoms with E-state index in [1.807, 2.05) is 39.0 Å². The summed E-state index contributed by atoms with van der Waals surface area (Å²) in [6, 6.07) is 5.60. The Labute approximate surface area is 109 Å². The van der Waals surface area contributed by atoms with Crippen molar-refractivity contribution in [3.63, 3.8) is 0 Å². The fourth-order valence-electron chi connectivity index (χ4n) is 1.47. The van der Waals surface area contributed by atoms with Gasteiger partial charge in [-0.25, -0.2) is 4.79 Å². The van der Waals surface area contributed by atoms with Crippen LogP contribution in [0.25, 0.3) is 0 Å². The van der Waals surface area contributed by atoms with E-state index in [0.717, 1.165) is 21.8 Å². The van der Waals surface area contributed by atoms with Crippen LogP contribution in [0.2, 0.25) is 0 Å². The molecule has 0 saturated carbocycles. The summed E-state index contributed by atoms with van der Waals surface area (Å²) in [6.45, 7) is 5.77. The number of nitrogens with one attached hydrogen (secondary N) is 2. The second-order valence-electron chi connectivity index (χ2n) is 4.02. The van der Waals surface area contributed by atoms with Crippen molar-refractivity contribution in [2.75, 3.05) is 10.6 Å². The van der Waals surface area contributed by atoms with Crippen molar-refractivity contribution in [2.45, 2.75) is 20.8 Å². The summed E-state index contributed by atoms with van der Waals surface area (Å²) in [5.41, 5.74) is 2.92. The van der Waals surface area contributed by atoms with Crippen LogP contribution in [0.1, 0.15) is 16.1 Å². The van der Waals surface area contributed by atoms with Crippen LogP contribution in [0.3, 0.4) is 0 Å². The van der Waals surface area contributed by atoms with Gasteiger partial charge < -0.3 is 5.32 Å². The third-order valence-corrected chi connectivity index (χ3v) is 3.14. The van der Waals surface area contributed by atoms with Crippen LogP contribution in [-0.2, 0) is 0 Å². The highest BCUT2D eigenvalue weighted by Crippen LogP contribution is 2.18. The number of aromatic nitrogens is 2. The average molecular weight is 262 g/mol. The molecule has 18 heavy (non-hydrogen) atoms. The third kappa shape index (κ3) is 3.04. The predicted molar refractivity (Wildman–Crippen MR) is 73.2 cm³/mol. The minimum Gasteiger partial charge on any atom is -0.307 e. The van der Waals surface area contributed by atoms with Gasteiger partial charge in [0.15, 0.2) is 0 Å². The molecular weight excluding hydrogens is 248 g/mol. The van der Waals surface area contributed by atoms with Gasteiger partial charge in [0.25, 0.3) is 0 Å². The van der Waals surface area contributed by atoms with Crippen LogP contribution in [0.15, 0.2) is 18.2 Å². The zero-order chi connectivity index (χ0) is 13.1. The van der Waals surface area contributed by atoms with Gasteiger partial charge in [-0.05, 0) is 38.0 Å². The molecule has 0 aliphatic rings. The fourth-order valence-corrected chi connectivity index (χ4v) is 2.06. The molecule has 0 atom stereocenters. The summed E-state index contributed by atoms with van der Waals surface area (Å²) in [5.74, 6) is 0. The first-order valence-corrected chi connectivity index (χ1v) is 6.31. The molecule has 1 aromatic carbocycles. The molecule has 94 valence electrons. The summed E-state index contributed by atoms with van der Waals surface area (Å²) >= 11 is 1.34. The number of carbonyl (C=O) groups excluding carboxylic acids is 1. The maximum atomic E-state index is 11.8. The molecule has 0 fully saturated rings. The highest BCUT2D eigenvalue weighted by Gasteiger charge is 2.07. The molecule has 6 heteroatoms. The largest absolute Gasteiger partial charge is 0.325 e. The summed E-state index contributed by atoms with van der Waals surface area (Å²) in [6.07, 6.45) is 0. The molecule has 2 N–H and O–H groups in total. The number of benzene rings is 1. The normalized spacial score (nSPS) is 10.2. The van der Waals surface area contributed by atoms with E-state index in [2.05, 4.69) is 20.8 Å². The lowest BCUT2D eigenvalue weighted by Gasteiger charge is -2.08. The Balaban J connectivity index is 2.05. The smallest absolute Gasteiger partial charge is 0.307 e. The van der Waals surface area contributed by atoms with Crippen LogP contribution < -0.4 is 10.6 Å². The number of anilines is 2. The Morgan fingerprint density at radius 3 is 2.61 bits per heavy atom. The predicted octanol–water partition coefficient (Wildman–Crippen LogP) is 3.11. The monoisotopic (exact) mass is 262 g/mol. The van der Waals surface area contributed by atoms with Gasteiger partial charge in [-0.1, -0.05) is 23.5 Å². The van der Waals surface area contributed by atoms with Gasteiger partial charge in [0, 0.05) is 5.69 Å². The van der Waals surface area contributed by atoms with Gasteiger partial charge in [0.2, 0.25) is 5.13 Å². The molecule has 0 aliphatic heterocycles. The molecule has 5 nitrogen and oxygen atoms in total. The van der Waals surface area contributed by atoms with Gasteiger partial charge in [-0.3, -0.25) is 5.32 Å². The topological polar surface area (TPSA) is 66.9 Å². The van der Waals surface area contributed by atoms with Crippen molar-refractivity contribution in [3.05, 3.63) is 34.3 Å². The Bertz CT molecular complexity index is 579. The first-order valence-electron chi connectivity index (χ1n) is 5.50. The fraction of sp³-hybridized carbons (Fsp3) is 0.250. The summed E-state index contributed by atoms with van der Waals surface area (Å²) < 4.78 is 0. The zero-order valence-corrected chi connectivity index (χ0v) is 11.3. The van der Waals surface area contributed by atoms with E-state index in [0.29, 0.717) is 5.13 Å². The molecule has 1 aromatic heterocycles. The highest BCUT2D eigenvalue weighted by atomic mass is 32.1. The second kappa shape index (κ2) is 5.14. The molecule has 0 unspecified atom stereocenters. The Morgan fingerprint density at radius 1 is 1.17 bits per heavy atom. The standard InChI is InChI=1S/C12H14N4OS/c1-7-4-5-8(2)10(6-7)13-11(17)14-12-16-15-9(3)18-12/h4-6H,1-3H3,(H2,13,14,16,17). The lowest BCUT2D eigenvalue weighted by atomic mass is 10.1. The van der Waals surface area contributed by atoms with Crippen molar-refractivity contribution in [3.8, 4) is 0 Å². The van der Waals surface area contributed by atoms with Crippen LogP contribution in [0.5, 0.6) is 0 Å². The van der Waals surface area contributed by atoms with Gasteiger partial charge in [-0.15, -0.1) is 10.2 Å². The van der Waals surface area contributed by atoms with E-state index < -0.39 is 0 Å². The molecular formula is C12H14N4OS. The van der Waals surface area contributed by atoms with Crippen LogP contribution >= 0.6 is 11.3 Å². The van der Waals surface area contributed by atoms with Crippen molar-refractivity contribution in [1.82, 2.24) is 10.2 Å². The average Bonchev–Trinajstić information content (AvgIpc) is 2.69. The van der Waals surface area contributed by atoms with Crippen molar-refractivity contribution in [2.24, 2.45) is 0 Å². The molecule has 2 amide bonds. The van der Waals surface area contributed by atoms with Crippen LogP contribution in [-0.4, -0.2) is 16.2 Å². The van der Waals surface area contributed by atoms with Crippen LogP contribution in [0.4, 0.5) is 15.6 Å². The van der Waals surface area contributed by atoms with Crippen LogP contribution in [0, 0.1) is 20.8 Å².